The molecule has 352 valence electrons. The van der Waals surface area contributed by atoms with Gasteiger partial charge in [0.15, 0.2) is 11.7 Å². The van der Waals surface area contributed by atoms with Crippen molar-refractivity contribution in [3.8, 4) is 11.4 Å². The highest BCUT2D eigenvalue weighted by atomic mass is 16.6. The summed E-state index contributed by atoms with van der Waals surface area (Å²) in [6, 6.07) is 14.5. The van der Waals surface area contributed by atoms with E-state index >= 15 is 0 Å². The molecule has 0 fully saturated rings. The molecular formula is C43H65N11O10. The molecular weight excluding hydrogens is 831 g/mol. The molecule has 1 aromatic heterocycles. The monoisotopic (exact) mass is 895 g/mol. The molecule has 21 nitrogen and oxygen atoms in total. The topological polar surface area (TPSA) is 271 Å². The highest BCUT2D eigenvalue weighted by Gasteiger charge is 2.22. The van der Waals surface area contributed by atoms with Crippen molar-refractivity contribution < 1.29 is 47.5 Å². The average molecular weight is 896 g/mol. The van der Waals surface area contributed by atoms with Gasteiger partial charge in [-0.1, -0.05) is 48.5 Å². The Labute approximate surface area is 375 Å². The van der Waals surface area contributed by atoms with Crippen LogP contribution in [0.5, 0.6) is 0 Å². The van der Waals surface area contributed by atoms with Crippen LogP contribution in [0.3, 0.4) is 0 Å². The molecule has 0 saturated carbocycles. The van der Waals surface area contributed by atoms with Gasteiger partial charge in [-0.15, -0.1) is 30.6 Å². The normalized spacial score (nSPS) is 12.0. The van der Waals surface area contributed by atoms with E-state index in [0.717, 1.165) is 16.7 Å². The minimum Gasteiger partial charge on any atom is -0.444 e. The first-order valence-corrected chi connectivity index (χ1v) is 21.1. The molecule has 0 spiro atoms. The number of carbonyl (C=O) groups is 3. The Bertz CT molecular complexity index is 1860. The second-order valence-electron chi connectivity index (χ2n) is 15.1. The Morgan fingerprint density at radius 1 is 0.609 bits per heavy atom. The molecule has 0 bridgehead atoms. The summed E-state index contributed by atoms with van der Waals surface area (Å²) in [7, 11) is 0. The first-order chi connectivity index (χ1) is 30.8. The van der Waals surface area contributed by atoms with Gasteiger partial charge in [-0.05, 0) is 45.7 Å². The van der Waals surface area contributed by atoms with E-state index in [4.69, 9.17) is 44.6 Å². The van der Waals surface area contributed by atoms with E-state index in [2.05, 4.69) is 41.2 Å². The molecule has 0 aliphatic carbocycles. The van der Waals surface area contributed by atoms with E-state index in [0.29, 0.717) is 115 Å². The fraction of sp³-hybridized carbons (Fsp3) is 0.558. The van der Waals surface area contributed by atoms with E-state index in [1.807, 2.05) is 45.0 Å². The van der Waals surface area contributed by atoms with Gasteiger partial charge in [0, 0.05) is 37.3 Å². The number of nitrogens with zero attached hydrogens (tertiary/aromatic N) is 7. The maximum atomic E-state index is 12.8. The van der Waals surface area contributed by atoms with Crippen molar-refractivity contribution in [2.75, 3.05) is 105 Å². The standard InChI is InChI=1S/C43H65N11O10/c1-32(44)48-51-40(45)36-10-6-34(7-11-36)30-38(55)46-14-18-58-22-26-62-28-24-60-20-16-54(42(57)64-43(3,4)5)17-21-61-25-29-63-27-23-59-19-15-47-39(56)31-35-8-12-37(13-9-35)41-52-49-33(2)50-53-41/h6-13H,14-31H2,1-5H3,(H2,44,48)(H2,45,51)(H,46,55)(H,47,56). The van der Waals surface area contributed by atoms with Crippen LogP contribution in [0.15, 0.2) is 58.7 Å². The SMILES string of the molecule is C/C(N)=N/N=C(\N)c1ccc(CC(=O)NCCOCCOCCOCCN(CCOCCOCCOCCNC(=O)Cc2ccc(-c3nnc(C)nn3)cc2)C(=O)OC(C)(C)C)cc1. The van der Waals surface area contributed by atoms with Crippen molar-refractivity contribution in [3.05, 3.63) is 71.0 Å². The molecule has 0 saturated heterocycles. The minimum absolute atomic E-state index is 0.111. The van der Waals surface area contributed by atoms with Crippen molar-refractivity contribution >= 4 is 29.6 Å². The lowest BCUT2D eigenvalue weighted by Crippen LogP contribution is -2.40. The number of aryl methyl sites for hydroxylation is 1. The van der Waals surface area contributed by atoms with Gasteiger partial charge in [0.05, 0.1) is 92.1 Å². The lowest BCUT2D eigenvalue weighted by atomic mass is 10.1. The Kier molecular flexibility index (Phi) is 25.0. The molecule has 3 amide bonds. The summed E-state index contributed by atoms with van der Waals surface area (Å²) < 4.78 is 39.1. The van der Waals surface area contributed by atoms with Crippen LogP contribution in [0.4, 0.5) is 4.79 Å². The number of hydrogen-bond acceptors (Lipinski definition) is 16. The third kappa shape index (κ3) is 24.2. The highest BCUT2D eigenvalue weighted by Crippen LogP contribution is 2.14. The van der Waals surface area contributed by atoms with E-state index in [1.165, 1.54) is 0 Å². The van der Waals surface area contributed by atoms with Gasteiger partial charge < -0.3 is 60.2 Å². The van der Waals surface area contributed by atoms with E-state index in [1.54, 1.807) is 43.0 Å². The van der Waals surface area contributed by atoms with Gasteiger partial charge in [-0.2, -0.15) is 0 Å². The van der Waals surface area contributed by atoms with E-state index < -0.39 is 11.7 Å². The Hall–Kier alpha value is -5.71. The number of aromatic nitrogens is 4. The fourth-order valence-electron chi connectivity index (χ4n) is 5.23. The third-order valence-electron chi connectivity index (χ3n) is 8.37. The first kappa shape index (κ1) is 52.6. The van der Waals surface area contributed by atoms with Crippen LogP contribution in [-0.4, -0.2) is 166 Å². The van der Waals surface area contributed by atoms with Crippen LogP contribution in [-0.2, 0) is 55.6 Å². The predicted molar refractivity (Wildman–Crippen MR) is 238 cm³/mol. The van der Waals surface area contributed by atoms with Crippen LogP contribution in [0, 0.1) is 6.92 Å². The van der Waals surface area contributed by atoms with Crippen molar-refractivity contribution in [2.45, 2.75) is 53.1 Å². The Morgan fingerprint density at radius 3 is 1.47 bits per heavy atom. The summed E-state index contributed by atoms with van der Waals surface area (Å²) in [4.78, 5) is 38.9. The van der Waals surface area contributed by atoms with Gasteiger partial charge in [0.2, 0.25) is 17.6 Å². The molecule has 0 atom stereocenters. The maximum absolute atomic E-state index is 12.8. The first-order valence-electron chi connectivity index (χ1n) is 21.1. The van der Waals surface area contributed by atoms with Crippen LogP contribution < -0.4 is 22.1 Å². The van der Waals surface area contributed by atoms with Crippen molar-refractivity contribution in [2.24, 2.45) is 21.7 Å². The summed E-state index contributed by atoms with van der Waals surface area (Å²) in [6.45, 7) is 14.3. The number of ether oxygens (including phenoxy) is 7. The molecule has 0 aliphatic rings. The molecule has 0 unspecified atom stereocenters. The number of benzene rings is 2. The fourth-order valence-corrected chi connectivity index (χ4v) is 5.23. The summed E-state index contributed by atoms with van der Waals surface area (Å²) >= 11 is 0. The zero-order valence-corrected chi connectivity index (χ0v) is 37.7. The molecule has 1 heterocycles. The van der Waals surface area contributed by atoms with Gasteiger partial charge >= 0.3 is 6.09 Å². The second-order valence-corrected chi connectivity index (χ2v) is 15.1. The molecule has 3 aromatic rings. The Morgan fingerprint density at radius 2 is 1.03 bits per heavy atom. The van der Waals surface area contributed by atoms with Crippen molar-refractivity contribution in [3.63, 3.8) is 0 Å². The molecule has 64 heavy (non-hydrogen) atoms. The number of amides is 3. The summed E-state index contributed by atoms with van der Waals surface area (Å²) in [5, 5.41) is 29.1. The Balaban J connectivity index is 1.14. The second kappa shape index (κ2) is 30.4. The van der Waals surface area contributed by atoms with Gasteiger partial charge in [0.25, 0.3) is 0 Å². The smallest absolute Gasteiger partial charge is 0.410 e. The highest BCUT2D eigenvalue weighted by molar-refractivity contribution is 5.98. The minimum atomic E-state index is -0.650. The molecule has 21 heteroatoms. The van der Waals surface area contributed by atoms with Crippen molar-refractivity contribution in [1.29, 1.82) is 0 Å². The number of amidine groups is 2. The molecule has 6 N–H and O–H groups in total. The van der Waals surface area contributed by atoms with E-state index in [9.17, 15) is 14.4 Å². The number of nitrogens with two attached hydrogens (primary N) is 2. The largest absolute Gasteiger partial charge is 0.444 e. The maximum Gasteiger partial charge on any atom is 0.410 e. The van der Waals surface area contributed by atoms with Gasteiger partial charge in [0.1, 0.15) is 11.4 Å². The third-order valence-corrected chi connectivity index (χ3v) is 8.37. The lowest BCUT2D eigenvalue weighted by molar-refractivity contribution is -0.121. The predicted octanol–water partition coefficient (Wildman–Crippen LogP) is 1.59. The quantitative estimate of drug-likeness (QED) is 0.0309. The van der Waals surface area contributed by atoms with Crippen LogP contribution in [0.1, 0.15) is 50.2 Å². The molecule has 3 rings (SSSR count). The molecule has 0 radical (unpaired) electrons. The zero-order valence-electron chi connectivity index (χ0n) is 37.7. The van der Waals surface area contributed by atoms with Crippen molar-refractivity contribution in [1.82, 2.24) is 35.9 Å². The number of carbonyl (C=O) groups excluding carboxylic acids is 3. The average Bonchev–Trinajstić information content (AvgIpc) is 3.25. The molecule has 0 aliphatic heterocycles. The summed E-state index contributed by atoms with van der Waals surface area (Å²) in [6.07, 6.45) is -0.00261. The van der Waals surface area contributed by atoms with Crippen LogP contribution >= 0.6 is 0 Å². The molecule has 2 aromatic carbocycles. The zero-order chi connectivity index (χ0) is 46.4. The number of rotatable bonds is 31. The number of nitrogens with one attached hydrogen (secondary N) is 2. The van der Waals surface area contributed by atoms with Crippen LogP contribution in [0.25, 0.3) is 11.4 Å². The van der Waals surface area contributed by atoms with E-state index in [-0.39, 0.29) is 43.7 Å². The van der Waals surface area contributed by atoms with Gasteiger partial charge in [-0.3, -0.25) is 9.59 Å². The lowest BCUT2D eigenvalue weighted by Gasteiger charge is -2.27. The summed E-state index contributed by atoms with van der Waals surface area (Å²) in [5.41, 5.74) is 13.8. The van der Waals surface area contributed by atoms with Gasteiger partial charge in [-0.25, -0.2) is 4.79 Å². The number of hydrogen-bond donors (Lipinski definition) is 4. The summed E-state index contributed by atoms with van der Waals surface area (Å²) in [5.74, 6) is 1.22. The van der Waals surface area contributed by atoms with Crippen LogP contribution in [0.2, 0.25) is 0 Å².